The normalized spacial score (nSPS) is 12.0. The number of rotatable bonds is 5. The molecule has 4 heteroatoms. The number of aryl methyl sites for hydroxylation is 1. The van der Waals surface area contributed by atoms with Crippen LogP contribution in [0.25, 0.3) is 0 Å². The highest BCUT2D eigenvalue weighted by molar-refractivity contribution is 7.09. The molecule has 0 aliphatic rings. The van der Waals surface area contributed by atoms with E-state index in [-0.39, 0.29) is 5.41 Å². The minimum atomic E-state index is 0.173. The molecule has 0 radical (unpaired) electrons. The first-order valence-corrected chi connectivity index (χ1v) is 5.73. The van der Waals surface area contributed by atoms with Gasteiger partial charge in [0, 0.05) is 24.2 Å². The molecule has 1 aromatic heterocycles. The van der Waals surface area contributed by atoms with Crippen molar-refractivity contribution in [2.75, 3.05) is 13.1 Å². The van der Waals surface area contributed by atoms with Crippen LogP contribution in [0.15, 0.2) is 5.38 Å². The third-order valence-electron chi connectivity index (χ3n) is 2.10. The average Bonchev–Trinajstić information content (AvgIpc) is 2.51. The van der Waals surface area contributed by atoms with Crippen LogP contribution >= 0.6 is 11.3 Å². The van der Waals surface area contributed by atoms with E-state index in [1.54, 1.807) is 11.3 Å². The Morgan fingerprint density at radius 2 is 2.29 bits per heavy atom. The van der Waals surface area contributed by atoms with Crippen molar-refractivity contribution in [1.82, 2.24) is 10.3 Å². The molecule has 0 fully saturated rings. The van der Waals surface area contributed by atoms with Crippen molar-refractivity contribution >= 4 is 11.3 Å². The Kier molecular flexibility index (Phi) is 4.04. The van der Waals surface area contributed by atoms with Crippen LogP contribution in [0.3, 0.4) is 0 Å². The lowest BCUT2D eigenvalue weighted by atomic mass is 9.94. The quantitative estimate of drug-likeness (QED) is 0.780. The summed E-state index contributed by atoms with van der Waals surface area (Å²) in [6.07, 6.45) is 0. The van der Waals surface area contributed by atoms with Gasteiger partial charge in [0.1, 0.15) is 5.01 Å². The lowest BCUT2D eigenvalue weighted by Gasteiger charge is -2.22. The van der Waals surface area contributed by atoms with Crippen molar-refractivity contribution < 1.29 is 0 Å². The standard InChI is InChI=1S/C10H19N3S/c1-8-5-14-9(13-8)4-12-7-10(2,3)6-11/h5,12H,4,6-7,11H2,1-3H3. The minimum absolute atomic E-state index is 0.173. The van der Waals surface area contributed by atoms with Crippen LogP contribution in [-0.2, 0) is 6.54 Å². The lowest BCUT2D eigenvalue weighted by molar-refractivity contribution is 0.351. The lowest BCUT2D eigenvalue weighted by Crippen LogP contribution is -2.35. The minimum Gasteiger partial charge on any atom is -0.330 e. The number of nitrogens with zero attached hydrogens (tertiary/aromatic N) is 1. The highest BCUT2D eigenvalue weighted by Gasteiger charge is 2.14. The van der Waals surface area contributed by atoms with Crippen LogP contribution < -0.4 is 11.1 Å². The van der Waals surface area contributed by atoms with Gasteiger partial charge in [-0.2, -0.15) is 0 Å². The van der Waals surface area contributed by atoms with Gasteiger partial charge in [-0.15, -0.1) is 11.3 Å². The third-order valence-corrected chi connectivity index (χ3v) is 3.07. The van der Waals surface area contributed by atoms with Crippen LogP contribution in [0, 0.1) is 12.3 Å². The Hall–Kier alpha value is -0.450. The fraction of sp³-hybridized carbons (Fsp3) is 0.700. The fourth-order valence-electron chi connectivity index (χ4n) is 1.06. The molecule has 80 valence electrons. The average molecular weight is 213 g/mol. The smallest absolute Gasteiger partial charge is 0.107 e. The number of thiazole rings is 1. The maximum Gasteiger partial charge on any atom is 0.107 e. The zero-order chi connectivity index (χ0) is 10.6. The SMILES string of the molecule is Cc1csc(CNCC(C)(C)CN)n1. The van der Waals surface area contributed by atoms with Gasteiger partial charge in [-0.3, -0.25) is 0 Å². The van der Waals surface area contributed by atoms with Crippen molar-refractivity contribution in [3.05, 3.63) is 16.1 Å². The topological polar surface area (TPSA) is 50.9 Å². The van der Waals surface area contributed by atoms with Crippen LogP contribution in [0.2, 0.25) is 0 Å². The molecule has 0 atom stereocenters. The Bertz CT molecular complexity index is 281. The predicted octanol–water partition coefficient (Wildman–Crippen LogP) is 1.53. The van der Waals surface area contributed by atoms with Gasteiger partial charge in [-0.1, -0.05) is 13.8 Å². The first kappa shape index (κ1) is 11.6. The summed E-state index contributed by atoms with van der Waals surface area (Å²) in [7, 11) is 0. The number of hydrogen-bond acceptors (Lipinski definition) is 4. The number of aromatic nitrogens is 1. The number of hydrogen-bond donors (Lipinski definition) is 2. The summed E-state index contributed by atoms with van der Waals surface area (Å²) in [5.41, 5.74) is 6.91. The molecule has 0 bridgehead atoms. The van der Waals surface area contributed by atoms with Gasteiger partial charge < -0.3 is 11.1 Å². The van der Waals surface area contributed by atoms with Crippen molar-refractivity contribution in [3.63, 3.8) is 0 Å². The molecule has 0 saturated heterocycles. The molecule has 14 heavy (non-hydrogen) atoms. The molecule has 0 aliphatic heterocycles. The summed E-state index contributed by atoms with van der Waals surface area (Å²) >= 11 is 1.70. The van der Waals surface area contributed by atoms with Crippen LogP contribution in [0.4, 0.5) is 0 Å². The first-order chi connectivity index (χ1) is 6.53. The zero-order valence-corrected chi connectivity index (χ0v) is 9.95. The highest BCUT2D eigenvalue weighted by atomic mass is 32.1. The predicted molar refractivity (Wildman–Crippen MR) is 61.4 cm³/mol. The second kappa shape index (κ2) is 4.87. The molecule has 1 heterocycles. The molecule has 0 aliphatic carbocycles. The molecule has 0 saturated carbocycles. The molecule has 0 amide bonds. The van der Waals surface area contributed by atoms with Gasteiger partial charge in [0.2, 0.25) is 0 Å². The van der Waals surface area contributed by atoms with Gasteiger partial charge in [-0.05, 0) is 18.9 Å². The van der Waals surface area contributed by atoms with Gasteiger partial charge in [0.25, 0.3) is 0 Å². The van der Waals surface area contributed by atoms with Crippen LogP contribution in [-0.4, -0.2) is 18.1 Å². The summed E-state index contributed by atoms with van der Waals surface area (Å²) in [6.45, 7) is 8.82. The summed E-state index contributed by atoms with van der Waals surface area (Å²) in [4.78, 5) is 4.38. The third kappa shape index (κ3) is 3.74. The maximum atomic E-state index is 5.64. The Morgan fingerprint density at radius 3 is 2.79 bits per heavy atom. The van der Waals surface area contributed by atoms with Gasteiger partial charge >= 0.3 is 0 Å². The Morgan fingerprint density at radius 1 is 1.57 bits per heavy atom. The summed E-state index contributed by atoms with van der Waals surface area (Å²) in [6, 6.07) is 0. The highest BCUT2D eigenvalue weighted by Crippen LogP contribution is 2.12. The summed E-state index contributed by atoms with van der Waals surface area (Å²) in [5.74, 6) is 0. The maximum absolute atomic E-state index is 5.64. The largest absolute Gasteiger partial charge is 0.330 e. The van der Waals surface area contributed by atoms with Crippen molar-refractivity contribution in [1.29, 1.82) is 0 Å². The Balaban J connectivity index is 2.28. The second-order valence-electron chi connectivity index (χ2n) is 4.35. The number of nitrogens with one attached hydrogen (secondary N) is 1. The molecular formula is C10H19N3S. The van der Waals surface area contributed by atoms with E-state index in [1.165, 1.54) is 0 Å². The molecule has 0 aromatic carbocycles. The Labute approximate surface area is 89.7 Å². The number of nitrogens with two attached hydrogens (primary N) is 1. The van der Waals surface area contributed by atoms with E-state index in [1.807, 2.05) is 6.92 Å². The van der Waals surface area contributed by atoms with Crippen molar-refractivity contribution in [2.45, 2.75) is 27.3 Å². The first-order valence-electron chi connectivity index (χ1n) is 4.85. The monoisotopic (exact) mass is 213 g/mol. The van der Waals surface area contributed by atoms with E-state index >= 15 is 0 Å². The molecule has 0 spiro atoms. The van der Waals surface area contributed by atoms with Gasteiger partial charge in [-0.25, -0.2) is 4.98 Å². The van der Waals surface area contributed by atoms with E-state index in [0.717, 1.165) is 23.8 Å². The van der Waals surface area contributed by atoms with E-state index in [4.69, 9.17) is 5.73 Å². The molecular weight excluding hydrogens is 194 g/mol. The fourth-order valence-corrected chi connectivity index (χ4v) is 1.81. The summed E-state index contributed by atoms with van der Waals surface area (Å²) < 4.78 is 0. The molecule has 3 N–H and O–H groups in total. The van der Waals surface area contributed by atoms with Gasteiger partial charge in [0.15, 0.2) is 0 Å². The molecule has 1 aromatic rings. The van der Waals surface area contributed by atoms with Crippen molar-refractivity contribution in [3.8, 4) is 0 Å². The van der Waals surface area contributed by atoms with E-state index in [0.29, 0.717) is 6.54 Å². The second-order valence-corrected chi connectivity index (χ2v) is 5.30. The molecule has 0 unspecified atom stereocenters. The summed E-state index contributed by atoms with van der Waals surface area (Å²) in [5, 5.41) is 6.60. The van der Waals surface area contributed by atoms with E-state index in [2.05, 4.69) is 29.5 Å². The molecule has 1 rings (SSSR count). The van der Waals surface area contributed by atoms with E-state index < -0.39 is 0 Å². The van der Waals surface area contributed by atoms with Crippen LogP contribution in [0.1, 0.15) is 24.5 Å². The van der Waals surface area contributed by atoms with Crippen LogP contribution in [0.5, 0.6) is 0 Å². The zero-order valence-electron chi connectivity index (χ0n) is 9.13. The van der Waals surface area contributed by atoms with E-state index in [9.17, 15) is 0 Å². The van der Waals surface area contributed by atoms with Gasteiger partial charge in [0.05, 0.1) is 0 Å². The van der Waals surface area contributed by atoms with Crippen molar-refractivity contribution in [2.24, 2.45) is 11.1 Å². The molecule has 3 nitrogen and oxygen atoms in total.